The zero-order chi connectivity index (χ0) is 9.47. The van der Waals surface area contributed by atoms with Crippen LogP contribution in [-0.2, 0) is 10.3 Å². The summed E-state index contributed by atoms with van der Waals surface area (Å²) >= 11 is 0. The van der Waals surface area contributed by atoms with Crippen LogP contribution < -0.4 is 10.0 Å². The van der Waals surface area contributed by atoms with E-state index in [1.165, 1.54) is 0 Å². The molecule has 1 aliphatic heterocycles. The fraction of sp³-hybridized carbons (Fsp3) is 0.400. The molecule has 1 aliphatic rings. The summed E-state index contributed by atoms with van der Waals surface area (Å²) in [5.41, 5.74) is 0.912. The minimum Gasteiger partial charge on any atom is -0.467 e. The molecule has 0 aliphatic carbocycles. The molecule has 0 saturated heterocycles. The van der Waals surface area contributed by atoms with Crippen molar-refractivity contribution in [3.63, 3.8) is 0 Å². The quantitative estimate of drug-likeness (QED) is 0.589. The van der Waals surface area contributed by atoms with Gasteiger partial charge in [-0.3, -0.25) is 0 Å². The minimum atomic E-state index is -0.246. The minimum absolute atomic E-state index is 0.246. The Morgan fingerprint density at radius 1 is 1.38 bits per heavy atom. The second-order valence-corrected chi connectivity index (χ2v) is 4.29. The Hall–Kier alpha value is -0.590. The smallest absolute Gasteiger partial charge is 0.190 e. The number of rotatable bonds is 0. The fourth-order valence-electron chi connectivity index (χ4n) is 1.36. The van der Waals surface area contributed by atoms with E-state index in [-0.39, 0.29) is 5.60 Å². The van der Waals surface area contributed by atoms with E-state index < -0.39 is 0 Å². The predicted molar refractivity (Wildman–Crippen MR) is 55.4 cm³/mol. The topological polar surface area (TPSA) is 18.5 Å². The summed E-state index contributed by atoms with van der Waals surface area (Å²) in [6.07, 6.45) is 0. The van der Waals surface area contributed by atoms with Gasteiger partial charge in [-0.15, -0.1) is 9.24 Å². The van der Waals surface area contributed by atoms with Crippen LogP contribution in [-0.4, -0.2) is 6.79 Å². The first-order valence-corrected chi connectivity index (χ1v) is 4.84. The molecule has 2 rings (SSSR count). The van der Waals surface area contributed by atoms with Crippen LogP contribution in [0, 0.1) is 0 Å². The molecule has 1 aromatic rings. The Balaban J connectivity index is 2.53. The van der Waals surface area contributed by atoms with E-state index >= 15 is 0 Å². The first-order valence-electron chi connectivity index (χ1n) is 4.26. The molecule has 13 heavy (non-hydrogen) atoms. The molecule has 70 valence electrons. The second kappa shape index (κ2) is 2.97. The van der Waals surface area contributed by atoms with Crippen LogP contribution in [0.15, 0.2) is 18.2 Å². The molecule has 3 heteroatoms. The number of hydrogen-bond donors (Lipinski definition) is 0. The molecule has 0 N–H and O–H groups in total. The lowest BCUT2D eigenvalue weighted by Gasteiger charge is -2.22. The number of benzene rings is 1. The average Bonchev–Trinajstić information content (AvgIpc) is 2.18. The molecule has 0 saturated carbocycles. The van der Waals surface area contributed by atoms with Gasteiger partial charge in [0.15, 0.2) is 6.79 Å². The van der Waals surface area contributed by atoms with E-state index in [9.17, 15) is 0 Å². The highest BCUT2D eigenvalue weighted by Gasteiger charge is 2.25. The lowest BCUT2D eigenvalue weighted by atomic mass is 9.98. The van der Waals surface area contributed by atoms with Crippen molar-refractivity contribution in [1.82, 2.24) is 0 Å². The summed E-state index contributed by atoms with van der Waals surface area (Å²) in [6, 6.07) is 6.14. The van der Waals surface area contributed by atoms with E-state index in [0.29, 0.717) is 6.79 Å². The second-order valence-electron chi connectivity index (χ2n) is 3.67. The Morgan fingerprint density at radius 2 is 2.15 bits per heavy atom. The van der Waals surface area contributed by atoms with Gasteiger partial charge in [-0.1, -0.05) is 12.1 Å². The van der Waals surface area contributed by atoms with Crippen LogP contribution in [0.25, 0.3) is 0 Å². The van der Waals surface area contributed by atoms with Gasteiger partial charge in [0.1, 0.15) is 5.75 Å². The predicted octanol–water partition coefficient (Wildman–Crippen LogP) is 1.79. The maximum absolute atomic E-state index is 5.57. The van der Waals surface area contributed by atoms with Gasteiger partial charge in [0.25, 0.3) is 0 Å². The van der Waals surface area contributed by atoms with Gasteiger partial charge in [-0.05, 0) is 25.5 Å². The molecule has 1 heterocycles. The van der Waals surface area contributed by atoms with Gasteiger partial charge in [-0.25, -0.2) is 0 Å². The monoisotopic (exact) mass is 196 g/mol. The van der Waals surface area contributed by atoms with Gasteiger partial charge < -0.3 is 9.47 Å². The lowest BCUT2D eigenvalue weighted by molar-refractivity contribution is -0.0844. The van der Waals surface area contributed by atoms with Crippen molar-refractivity contribution in [2.75, 3.05) is 6.79 Å². The summed E-state index contributed by atoms with van der Waals surface area (Å²) in [5.74, 6) is 0.896. The van der Waals surface area contributed by atoms with Crippen molar-refractivity contribution in [1.29, 1.82) is 0 Å². The van der Waals surface area contributed by atoms with E-state index in [1.807, 2.05) is 26.0 Å². The van der Waals surface area contributed by atoms with Crippen LogP contribution in [0.5, 0.6) is 5.75 Å². The average molecular weight is 196 g/mol. The number of hydrogen-bond acceptors (Lipinski definition) is 2. The van der Waals surface area contributed by atoms with Crippen molar-refractivity contribution in [3.05, 3.63) is 23.8 Å². The van der Waals surface area contributed by atoms with Crippen molar-refractivity contribution < 1.29 is 9.47 Å². The molecule has 1 unspecified atom stereocenters. The maximum Gasteiger partial charge on any atom is 0.190 e. The molecule has 1 atom stereocenters. The zero-order valence-electron chi connectivity index (χ0n) is 7.83. The standard InChI is InChI=1S/C10H13O2P/c1-10(2)7-3-4-9(13)8(5-7)11-6-12-10/h3-5H,6,13H2,1-2H3. The SMILES string of the molecule is CC1(C)OCOc2cc1ccc2P. The van der Waals surface area contributed by atoms with E-state index in [0.717, 1.165) is 16.6 Å². The summed E-state index contributed by atoms with van der Waals surface area (Å²) in [5, 5.41) is 1.07. The van der Waals surface area contributed by atoms with E-state index in [1.54, 1.807) is 0 Å². The van der Waals surface area contributed by atoms with E-state index in [4.69, 9.17) is 9.47 Å². The summed E-state index contributed by atoms with van der Waals surface area (Å²) in [4.78, 5) is 0. The Morgan fingerprint density at radius 3 is 2.92 bits per heavy atom. The van der Waals surface area contributed by atoms with Crippen LogP contribution in [0.1, 0.15) is 19.4 Å². The molecule has 2 bridgehead atoms. The highest BCUT2D eigenvalue weighted by atomic mass is 31.0. The summed E-state index contributed by atoms with van der Waals surface area (Å²) < 4.78 is 11.0. The third-order valence-corrected chi connectivity index (χ3v) is 2.82. The van der Waals surface area contributed by atoms with Gasteiger partial charge in [0, 0.05) is 5.30 Å². The molecule has 0 fully saturated rings. The summed E-state index contributed by atoms with van der Waals surface area (Å²) in [6.45, 7) is 4.41. The third kappa shape index (κ3) is 1.56. The lowest BCUT2D eigenvalue weighted by Crippen LogP contribution is -2.21. The maximum atomic E-state index is 5.57. The largest absolute Gasteiger partial charge is 0.467 e. The number of ether oxygens (including phenoxy) is 2. The molecular formula is C10H13O2P. The highest BCUT2D eigenvalue weighted by molar-refractivity contribution is 7.27. The molecule has 0 radical (unpaired) electrons. The molecule has 2 nitrogen and oxygen atoms in total. The first kappa shape index (κ1) is 8.98. The van der Waals surface area contributed by atoms with Crippen LogP contribution in [0.3, 0.4) is 0 Å². The van der Waals surface area contributed by atoms with Crippen LogP contribution in [0.2, 0.25) is 0 Å². The molecule has 0 spiro atoms. The Labute approximate surface area is 80.4 Å². The van der Waals surface area contributed by atoms with Crippen molar-refractivity contribution in [3.8, 4) is 5.75 Å². The van der Waals surface area contributed by atoms with Crippen molar-refractivity contribution in [2.45, 2.75) is 19.4 Å². The van der Waals surface area contributed by atoms with Gasteiger partial charge in [-0.2, -0.15) is 0 Å². The Bertz CT molecular complexity index is 334. The van der Waals surface area contributed by atoms with Gasteiger partial charge >= 0.3 is 0 Å². The van der Waals surface area contributed by atoms with E-state index in [2.05, 4.69) is 15.3 Å². The zero-order valence-corrected chi connectivity index (χ0v) is 8.99. The number of fused-ring (bicyclic) bond motifs is 2. The normalized spacial score (nSPS) is 19.0. The van der Waals surface area contributed by atoms with Crippen LogP contribution in [0.4, 0.5) is 0 Å². The van der Waals surface area contributed by atoms with Crippen molar-refractivity contribution >= 4 is 14.5 Å². The summed E-state index contributed by atoms with van der Waals surface area (Å²) in [7, 11) is 2.65. The van der Waals surface area contributed by atoms with Crippen LogP contribution >= 0.6 is 9.24 Å². The Kier molecular flexibility index (Phi) is 2.05. The molecule has 0 aromatic heterocycles. The first-order chi connectivity index (χ1) is 6.09. The van der Waals surface area contributed by atoms with Gasteiger partial charge in [0.2, 0.25) is 0 Å². The molecule has 0 amide bonds. The fourth-order valence-corrected chi connectivity index (χ4v) is 1.62. The molecule has 1 aromatic carbocycles. The van der Waals surface area contributed by atoms with Crippen molar-refractivity contribution in [2.24, 2.45) is 0 Å². The third-order valence-electron chi connectivity index (χ3n) is 2.34. The molecular weight excluding hydrogens is 183 g/mol. The highest BCUT2D eigenvalue weighted by Crippen LogP contribution is 2.30. The van der Waals surface area contributed by atoms with Gasteiger partial charge in [0.05, 0.1) is 5.60 Å².